The Balaban J connectivity index is 1.26. The molecule has 3 aromatic rings. The summed E-state index contributed by atoms with van der Waals surface area (Å²) in [5, 5.41) is 12.4. The lowest BCUT2D eigenvalue weighted by Gasteiger charge is -2.29. The average molecular weight is 676 g/mol. The smallest absolute Gasteiger partial charge is 0.458 e. The number of nitrogens with one attached hydrogen (secondary N) is 1. The van der Waals surface area contributed by atoms with E-state index in [2.05, 4.69) is 26.2 Å². The summed E-state index contributed by atoms with van der Waals surface area (Å²) in [6.07, 6.45) is 8.48. The normalized spacial score (nSPS) is 21.7. The molecule has 16 nitrogen and oxygen atoms in total. The van der Waals surface area contributed by atoms with Crippen molar-refractivity contribution in [3.05, 3.63) is 33.7 Å². The van der Waals surface area contributed by atoms with E-state index in [-0.39, 0.29) is 65.1 Å². The van der Waals surface area contributed by atoms with E-state index in [0.29, 0.717) is 0 Å². The van der Waals surface area contributed by atoms with Gasteiger partial charge in [0.15, 0.2) is 40.7 Å². The first-order valence-electron chi connectivity index (χ1n) is 14.9. The van der Waals surface area contributed by atoms with Crippen molar-refractivity contribution >= 4 is 46.6 Å². The number of aliphatic hydroxyl groups excluding tert-OH is 1. The maximum atomic E-state index is 13.0. The van der Waals surface area contributed by atoms with Crippen molar-refractivity contribution < 1.29 is 47.3 Å². The second-order valence-electron chi connectivity index (χ2n) is 12.0. The van der Waals surface area contributed by atoms with Gasteiger partial charge in [-0.25, -0.2) is 14.6 Å². The molecule has 2 aliphatic rings. The number of halogens is 1. The van der Waals surface area contributed by atoms with E-state index >= 15 is 0 Å². The number of nitrogens with zero attached hydrogens (tertiary/aromatic N) is 4. The summed E-state index contributed by atoms with van der Waals surface area (Å²) in [6.45, 7) is 3.52. The third-order valence-corrected chi connectivity index (χ3v) is 8.19. The minimum absolute atomic E-state index is 0.0595. The number of amides is 1. The molecule has 1 saturated carbocycles. The van der Waals surface area contributed by atoms with Gasteiger partial charge in [-0.2, -0.15) is 9.97 Å². The van der Waals surface area contributed by atoms with Crippen molar-refractivity contribution in [2.45, 2.75) is 95.9 Å². The number of aromatic nitrogens is 4. The molecular weight excluding hydrogens is 642 g/mol. The Morgan fingerprint density at radius 1 is 1.23 bits per heavy atom. The van der Waals surface area contributed by atoms with Gasteiger partial charge in [-0.1, -0.05) is 25.2 Å². The number of terminal acetylenes is 1. The molecular formula is C30H34ClN5O11. The van der Waals surface area contributed by atoms with Crippen molar-refractivity contribution in [1.82, 2.24) is 19.5 Å². The summed E-state index contributed by atoms with van der Waals surface area (Å²) < 4.78 is 33.5. The summed E-state index contributed by atoms with van der Waals surface area (Å²) in [7, 11) is 0. The number of imidazole rings is 1. The molecule has 3 atom stereocenters. The van der Waals surface area contributed by atoms with E-state index in [4.69, 9.17) is 45.8 Å². The number of aliphatic hydroxyl groups is 1. The van der Waals surface area contributed by atoms with Gasteiger partial charge in [0.2, 0.25) is 5.28 Å². The molecule has 252 valence electrons. The summed E-state index contributed by atoms with van der Waals surface area (Å²) in [4.78, 5) is 62.0. The molecule has 2 N–H and O–H groups in total. The van der Waals surface area contributed by atoms with Gasteiger partial charge in [-0.15, -0.1) is 6.42 Å². The Bertz CT molecular complexity index is 1750. The highest BCUT2D eigenvalue weighted by Gasteiger charge is 2.51. The van der Waals surface area contributed by atoms with Gasteiger partial charge in [0, 0.05) is 6.42 Å². The lowest BCUT2D eigenvalue weighted by atomic mass is 9.89. The summed E-state index contributed by atoms with van der Waals surface area (Å²) in [5.74, 6) is 0.325. The number of esters is 2. The third kappa shape index (κ3) is 7.58. The Morgan fingerprint density at radius 3 is 2.64 bits per heavy atom. The highest BCUT2D eigenvalue weighted by molar-refractivity contribution is 6.28. The van der Waals surface area contributed by atoms with Gasteiger partial charge in [-0.05, 0) is 45.2 Å². The lowest BCUT2D eigenvalue weighted by Crippen LogP contribution is -2.45. The van der Waals surface area contributed by atoms with Crippen LogP contribution >= 0.6 is 11.6 Å². The largest absolute Gasteiger partial charge is 0.519 e. The van der Waals surface area contributed by atoms with E-state index in [0.717, 1.165) is 32.1 Å². The summed E-state index contributed by atoms with van der Waals surface area (Å²) in [5.41, 5.74) is -2.68. The number of anilines is 1. The van der Waals surface area contributed by atoms with Crippen molar-refractivity contribution in [2.75, 3.05) is 11.9 Å². The van der Waals surface area contributed by atoms with Crippen molar-refractivity contribution in [3.8, 4) is 12.3 Å². The van der Waals surface area contributed by atoms with Crippen LogP contribution in [0.4, 0.5) is 10.6 Å². The molecule has 47 heavy (non-hydrogen) atoms. The number of aryl methyl sites for hydroxylation is 1. The molecule has 2 fully saturated rings. The number of ether oxygens (including phenoxy) is 4. The molecule has 1 saturated heterocycles. The van der Waals surface area contributed by atoms with E-state index < -0.39 is 48.0 Å². The molecule has 4 heterocycles. The van der Waals surface area contributed by atoms with E-state index in [1.165, 1.54) is 31.7 Å². The first-order valence-corrected chi connectivity index (χ1v) is 15.3. The van der Waals surface area contributed by atoms with Crippen LogP contribution in [0.25, 0.3) is 11.2 Å². The Kier molecular flexibility index (Phi) is 9.89. The number of hydrogen-bond acceptors (Lipinski definition) is 14. The van der Waals surface area contributed by atoms with Gasteiger partial charge in [0.1, 0.15) is 17.9 Å². The molecule has 17 heteroatoms. The van der Waals surface area contributed by atoms with Gasteiger partial charge >= 0.3 is 23.9 Å². The SMILES string of the molecule is C#C[C@]1(CO)O[C@@H](n2cnc3c(NC(=O)OC(C)(C)CC(=O)OCc4oc(=O)oc4C)nc(Cl)nc32)C[C@@H]1OC(=O)C1CCCCC1. The van der Waals surface area contributed by atoms with Crippen LogP contribution in [0.3, 0.4) is 0 Å². The molecule has 0 unspecified atom stereocenters. The summed E-state index contributed by atoms with van der Waals surface area (Å²) in [6, 6.07) is 0. The number of carbonyl (C=O) groups is 3. The molecule has 5 rings (SSSR count). The van der Waals surface area contributed by atoms with Crippen LogP contribution in [-0.4, -0.2) is 66.6 Å². The van der Waals surface area contributed by atoms with Crippen LogP contribution in [0.15, 0.2) is 20.0 Å². The zero-order valence-electron chi connectivity index (χ0n) is 25.9. The van der Waals surface area contributed by atoms with Crippen LogP contribution in [0, 0.1) is 25.2 Å². The van der Waals surface area contributed by atoms with Crippen LogP contribution in [0.5, 0.6) is 0 Å². The van der Waals surface area contributed by atoms with Gasteiger partial charge in [0.05, 0.1) is 25.3 Å². The number of rotatable bonds is 10. The fourth-order valence-corrected chi connectivity index (χ4v) is 5.75. The summed E-state index contributed by atoms with van der Waals surface area (Å²) >= 11 is 6.20. The Labute approximate surface area is 273 Å². The van der Waals surface area contributed by atoms with Crippen molar-refractivity contribution in [3.63, 3.8) is 0 Å². The standard InChI is InChI=1S/C30H34ClN5O11/c1-5-30(14-37)19(45-25(39)17-9-7-6-8-10-17)11-20(46-30)36-15-32-22-23(33-26(31)35-24(22)36)34-27(40)47-29(3,4)12-21(38)42-13-18-16(2)43-28(41)44-18/h1,15,17,19-20,37H,6-14H2,2-4H3,(H,33,34,35,40)/t19-,20+,30+/m0/s1. The zero-order chi connectivity index (χ0) is 33.9. The Morgan fingerprint density at radius 2 is 1.98 bits per heavy atom. The molecule has 0 radical (unpaired) electrons. The minimum Gasteiger partial charge on any atom is -0.458 e. The second-order valence-corrected chi connectivity index (χ2v) is 12.3. The van der Waals surface area contributed by atoms with Crippen LogP contribution < -0.4 is 11.1 Å². The Hall–Kier alpha value is -4.46. The maximum Gasteiger partial charge on any atom is 0.519 e. The molecule has 1 aliphatic heterocycles. The molecule has 0 bridgehead atoms. The van der Waals surface area contributed by atoms with E-state index in [1.807, 2.05) is 0 Å². The van der Waals surface area contributed by atoms with Crippen LogP contribution in [-0.2, 0) is 35.1 Å². The van der Waals surface area contributed by atoms with E-state index in [9.17, 15) is 24.3 Å². The fraction of sp³-hybridized carbons (Fsp3) is 0.567. The van der Waals surface area contributed by atoms with Gasteiger partial charge in [-0.3, -0.25) is 19.5 Å². The molecule has 0 spiro atoms. The van der Waals surface area contributed by atoms with Crippen molar-refractivity contribution in [1.29, 1.82) is 0 Å². The molecule has 1 aliphatic carbocycles. The quantitative estimate of drug-likeness (QED) is 0.136. The van der Waals surface area contributed by atoms with Gasteiger partial charge in [0.25, 0.3) is 0 Å². The average Bonchev–Trinajstić information content (AvgIpc) is 3.70. The zero-order valence-corrected chi connectivity index (χ0v) is 26.7. The molecule has 0 aromatic carbocycles. The topological polar surface area (TPSA) is 207 Å². The second kappa shape index (κ2) is 13.7. The van der Waals surface area contributed by atoms with Gasteiger partial charge < -0.3 is 32.9 Å². The number of carbonyl (C=O) groups excluding carboxylic acids is 3. The number of fused-ring (bicyclic) bond motifs is 1. The predicted molar refractivity (Wildman–Crippen MR) is 161 cm³/mol. The lowest BCUT2D eigenvalue weighted by molar-refractivity contribution is -0.164. The number of hydrogen-bond donors (Lipinski definition) is 2. The molecule has 1 amide bonds. The third-order valence-electron chi connectivity index (χ3n) is 8.02. The molecule has 3 aromatic heterocycles. The van der Waals surface area contributed by atoms with Crippen LogP contribution in [0.2, 0.25) is 5.28 Å². The van der Waals surface area contributed by atoms with E-state index in [1.54, 1.807) is 0 Å². The van der Waals surface area contributed by atoms with Crippen molar-refractivity contribution in [2.24, 2.45) is 5.92 Å². The predicted octanol–water partition coefficient (Wildman–Crippen LogP) is 3.57. The monoisotopic (exact) mass is 675 g/mol. The highest BCUT2D eigenvalue weighted by atomic mass is 35.5. The minimum atomic E-state index is -1.61. The van der Waals surface area contributed by atoms with Crippen LogP contribution in [0.1, 0.15) is 76.5 Å². The first kappa shape index (κ1) is 33.9. The fourth-order valence-electron chi connectivity index (χ4n) is 5.59. The first-order chi connectivity index (χ1) is 22.3. The maximum absolute atomic E-state index is 13.0. The highest BCUT2D eigenvalue weighted by Crippen LogP contribution is 2.41.